The van der Waals surface area contributed by atoms with Crippen molar-refractivity contribution in [3.05, 3.63) is 76.7 Å². The normalized spacial score (nSPS) is 10.7. The standard InChI is InChI=1S/C20H20FN3O/c1-13-4-3-5-15(10-13)8-9-22-20(25)19-12-18(23-24-19)16-6-7-17(21)14(2)11-16/h3-7,10-12H,8-9H2,1-2H3,(H,22,25)(H,23,24). The highest BCUT2D eigenvalue weighted by Gasteiger charge is 2.11. The van der Waals surface area contributed by atoms with E-state index >= 15 is 0 Å². The van der Waals surface area contributed by atoms with Gasteiger partial charge in [-0.2, -0.15) is 5.10 Å². The Balaban J connectivity index is 1.61. The quantitative estimate of drug-likeness (QED) is 0.744. The summed E-state index contributed by atoms with van der Waals surface area (Å²) in [5.41, 5.74) is 4.72. The number of aromatic nitrogens is 2. The smallest absolute Gasteiger partial charge is 0.269 e. The van der Waals surface area contributed by atoms with Crippen LogP contribution in [0.3, 0.4) is 0 Å². The van der Waals surface area contributed by atoms with Crippen LogP contribution >= 0.6 is 0 Å². The van der Waals surface area contributed by atoms with E-state index in [9.17, 15) is 9.18 Å². The lowest BCUT2D eigenvalue weighted by molar-refractivity contribution is 0.0949. The van der Waals surface area contributed by atoms with Crippen molar-refractivity contribution >= 4 is 5.91 Å². The van der Waals surface area contributed by atoms with Gasteiger partial charge in [0.05, 0.1) is 5.69 Å². The Bertz CT molecular complexity index is 901. The minimum Gasteiger partial charge on any atom is -0.350 e. The van der Waals surface area contributed by atoms with Crippen LogP contribution in [0.2, 0.25) is 0 Å². The van der Waals surface area contributed by atoms with Gasteiger partial charge < -0.3 is 5.32 Å². The van der Waals surface area contributed by atoms with E-state index in [2.05, 4.69) is 21.6 Å². The van der Waals surface area contributed by atoms with E-state index in [1.807, 2.05) is 25.1 Å². The van der Waals surface area contributed by atoms with Crippen molar-refractivity contribution < 1.29 is 9.18 Å². The number of aromatic amines is 1. The van der Waals surface area contributed by atoms with Crippen LogP contribution in [0.1, 0.15) is 27.2 Å². The van der Waals surface area contributed by atoms with Gasteiger partial charge in [-0.3, -0.25) is 9.89 Å². The molecule has 1 amide bonds. The zero-order valence-electron chi connectivity index (χ0n) is 14.3. The zero-order chi connectivity index (χ0) is 17.8. The molecule has 0 atom stereocenters. The Kier molecular flexibility index (Phi) is 4.93. The lowest BCUT2D eigenvalue weighted by Crippen LogP contribution is -2.26. The molecule has 0 saturated heterocycles. The van der Waals surface area contributed by atoms with Crippen molar-refractivity contribution in [1.29, 1.82) is 0 Å². The number of amides is 1. The van der Waals surface area contributed by atoms with Gasteiger partial charge >= 0.3 is 0 Å². The van der Waals surface area contributed by atoms with Crippen LogP contribution in [0.4, 0.5) is 4.39 Å². The highest BCUT2D eigenvalue weighted by Crippen LogP contribution is 2.20. The molecule has 3 aromatic rings. The number of nitrogens with one attached hydrogen (secondary N) is 2. The molecule has 25 heavy (non-hydrogen) atoms. The van der Waals surface area contributed by atoms with Gasteiger partial charge in [-0.05, 0) is 55.7 Å². The number of benzene rings is 2. The zero-order valence-corrected chi connectivity index (χ0v) is 14.3. The lowest BCUT2D eigenvalue weighted by Gasteiger charge is -2.04. The van der Waals surface area contributed by atoms with Crippen molar-refractivity contribution in [2.45, 2.75) is 20.3 Å². The Morgan fingerprint density at radius 2 is 2.00 bits per heavy atom. The molecule has 0 aliphatic heterocycles. The molecule has 5 heteroatoms. The molecule has 2 aromatic carbocycles. The third-order valence-electron chi connectivity index (χ3n) is 4.06. The maximum absolute atomic E-state index is 13.4. The average molecular weight is 337 g/mol. The van der Waals surface area contributed by atoms with Gasteiger partial charge in [0.15, 0.2) is 0 Å². The summed E-state index contributed by atoms with van der Waals surface area (Å²) in [6, 6.07) is 14.7. The van der Waals surface area contributed by atoms with Crippen molar-refractivity contribution in [2.75, 3.05) is 6.54 Å². The SMILES string of the molecule is Cc1cccc(CCNC(=O)c2cc(-c3ccc(F)c(C)c3)n[nH]2)c1. The summed E-state index contributed by atoms with van der Waals surface area (Å²) in [6.45, 7) is 4.29. The molecule has 0 aliphatic rings. The van der Waals surface area contributed by atoms with Crippen LogP contribution < -0.4 is 5.32 Å². The molecular formula is C20H20FN3O. The Labute approximate surface area is 146 Å². The highest BCUT2D eigenvalue weighted by atomic mass is 19.1. The van der Waals surface area contributed by atoms with Gasteiger partial charge in [0.1, 0.15) is 11.5 Å². The van der Waals surface area contributed by atoms with Gasteiger partial charge in [-0.25, -0.2) is 4.39 Å². The van der Waals surface area contributed by atoms with Crippen LogP contribution in [0.5, 0.6) is 0 Å². The second-order valence-electron chi connectivity index (χ2n) is 6.13. The minimum absolute atomic E-state index is 0.203. The second-order valence-corrected chi connectivity index (χ2v) is 6.13. The summed E-state index contributed by atoms with van der Waals surface area (Å²) in [5.74, 6) is -0.460. The molecule has 4 nitrogen and oxygen atoms in total. The number of nitrogens with zero attached hydrogens (tertiary/aromatic N) is 1. The van der Waals surface area contributed by atoms with Crippen molar-refractivity contribution in [1.82, 2.24) is 15.5 Å². The number of aryl methyl sites for hydroxylation is 2. The average Bonchev–Trinajstić information content (AvgIpc) is 3.07. The van der Waals surface area contributed by atoms with Crippen LogP contribution in [0.25, 0.3) is 11.3 Å². The number of carbonyl (C=O) groups is 1. The fourth-order valence-corrected chi connectivity index (χ4v) is 2.67. The first-order valence-corrected chi connectivity index (χ1v) is 8.18. The molecule has 1 aromatic heterocycles. The molecule has 0 spiro atoms. The molecule has 0 unspecified atom stereocenters. The predicted octanol–water partition coefficient (Wildman–Crippen LogP) is 3.81. The van der Waals surface area contributed by atoms with Gasteiger partial charge in [0, 0.05) is 12.1 Å². The lowest BCUT2D eigenvalue weighted by atomic mass is 10.1. The first-order valence-electron chi connectivity index (χ1n) is 8.18. The first kappa shape index (κ1) is 16.9. The van der Waals surface area contributed by atoms with Crippen molar-refractivity contribution in [3.8, 4) is 11.3 Å². The van der Waals surface area contributed by atoms with Gasteiger partial charge in [-0.1, -0.05) is 29.8 Å². The van der Waals surface area contributed by atoms with Crippen molar-refractivity contribution in [3.63, 3.8) is 0 Å². The molecule has 128 valence electrons. The summed E-state index contributed by atoms with van der Waals surface area (Å²) in [5, 5.41) is 9.77. The third kappa shape index (κ3) is 4.12. The van der Waals surface area contributed by atoms with E-state index < -0.39 is 0 Å². The van der Waals surface area contributed by atoms with E-state index in [1.165, 1.54) is 17.2 Å². The largest absolute Gasteiger partial charge is 0.350 e. The van der Waals surface area contributed by atoms with Crippen LogP contribution in [-0.2, 0) is 6.42 Å². The number of hydrogen-bond acceptors (Lipinski definition) is 2. The molecule has 1 heterocycles. The maximum Gasteiger partial charge on any atom is 0.269 e. The van der Waals surface area contributed by atoms with Gasteiger partial charge in [0.2, 0.25) is 0 Å². The van der Waals surface area contributed by atoms with E-state index in [-0.39, 0.29) is 11.7 Å². The van der Waals surface area contributed by atoms with E-state index in [0.717, 1.165) is 12.0 Å². The van der Waals surface area contributed by atoms with E-state index in [1.54, 1.807) is 25.1 Å². The van der Waals surface area contributed by atoms with Gasteiger partial charge in [-0.15, -0.1) is 0 Å². The van der Waals surface area contributed by atoms with Crippen LogP contribution in [0, 0.1) is 19.7 Å². The molecule has 0 bridgehead atoms. The second kappa shape index (κ2) is 7.30. The fourth-order valence-electron chi connectivity index (χ4n) is 2.67. The van der Waals surface area contributed by atoms with Gasteiger partial charge in [0.25, 0.3) is 5.91 Å². The summed E-state index contributed by atoms with van der Waals surface area (Å²) >= 11 is 0. The van der Waals surface area contributed by atoms with Crippen LogP contribution in [0.15, 0.2) is 48.5 Å². The summed E-state index contributed by atoms with van der Waals surface area (Å²) in [4.78, 5) is 12.2. The molecule has 3 rings (SSSR count). The molecule has 2 N–H and O–H groups in total. The number of rotatable bonds is 5. The summed E-state index contributed by atoms with van der Waals surface area (Å²) < 4.78 is 13.4. The number of H-pyrrole nitrogens is 1. The molecule has 0 fully saturated rings. The summed E-state index contributed by atoms with van der Waals surface area (Å²) in [6.07, 6.45) is 0.769. The minimum atomic E-state index is -0.256. The maximum atomic E-state index is 13.4. The van der Waals surface area contributed by atoms with Crippen molar-refractivity contribution in [2.24, 2.45) is 0 Å². The number of hydrogen-bond donors (Lipinski definition) is 2. The molecule has 0 aliphatic carbocycles. The Morgan fingerprint density at radius 1 is 1.16 bits per heavy atom. The molecular weight excluding hydrogens is 317 g/mol. The number of halogens is 1. The monoisotopic (exact) mass is 337 g/mol. The summed E-state index contributed by atoms with van der Waals surface area (Å²) in [7, 11) is 0. The number of carbonyl (C=O) groups excluding carboxylic acids is 1. The van der Waals surface area contributed by atoms with E-state index in [4.69, 9.17) is 0 Å². The van der Waals surface area contributed by atoms with E-state index in [0.29, 0.717) is 23.5 Å². The topological polar surface area (TPSA) is 57.8 Å². The highest BCUT2D eigenvalue weighted by molar-refractivity contribution is 5.93. The van der Waals surface area contributed by atoms with Crippen LogP contribution in [-0.4, -0.2) is 22.6 Å². The third-order valence-corrected chi connectivity index (χ3v) is 4.06. The molecule has 0 saturated carbocycles. The Morgan fingerprint density at radius 3 is 2.76 bits per heavy atom. The predicted molar refractivity (Wildman–Crippen MR) is 95.9 cm³/mol. The first-order chi connectivity index (χ1) is 12.0. The molecule has 0 radical (unpaired) electrons. The Hall–Kier alpha value is -2.95. The fraction of sp³-hybridized carbons (Fsp3) is 0.200.